The number of amides is 1. The van der Waals surface area contributed by atoms with Gasteiger partial charge in [-0.15, -0.1) is 0 Å². The van der Waals surface area contributed by atoms with Gasteiger partial charge in [0.05, 0.1) is 16.6 Å². The SMILES string of the molecule is CCC(N)(CC)CNC(=O)c1cnc2onc(C)c2c1. The van der Waals surface area contributed by atoms with Gasteiger partial charge in [-0.3, -0.25) is 4.79 Å². The van der Waals surface area contributed by atoms with Crippen molar-refractivity contribution in [3.63, 3.8) is 0 Å². The van der Waals surface area contributed by atoms with E-state index in [4.69, 9.17) is 10.3 Å². The van der Waals surface area contributed by atoms with Crippen molar-refractivity contribution in [3.8, 4) is 0 Å². The fraction of sp³-hybridized carbons (Fsp3) is 0.500. The Kier molecular flexibility index (Phi) is 4.04. The molecular weight excluding hydrogens is 256 g/mol. The number of fused-ring (bicyclic) bond motifs is 1. The number of hydrogen-bond acceptors (Lipinski definition) is 5. The monoisotopic (exact) mass is 276 g/mol. The lowest BCUT2D eigenvalue weighted by Gasteiger charge is -2.26. The van der Waals surface area contributed by atoms with Gasteiger partial charge in [-0.2, -0.15) is 0 Å². The predicted octanol–water partition coefficient (Wildman–Crippen LogP) is 1.78. The van der Waals surface area contributed by atoms with Gasteiger partial charge in [-0.1, -0.05) is 19.0 Å². The maximum absolute atomic E-state index is 12.1. The molecule has 0 spiro atoms. The average Bonchev–Trinajstić information content (AvgIpc) is 2.85. The Bertz CT molecular complexity index is 617. The number of rotatable bonds is 5. The highest BCUT2D eigenvalue weighted by atomic mass is 16.5. The summed E-state index contributed by atoms with van der Waals surface area (Å²) in [5.41, 5.74) is 7.45. The summed E-state index contributed by atoms with van der Waals surface area (Å²) in [6, 6.07) is 1.74. The Morgan fingerprint density at radius 3 is 2.80 bits per heavy atom. The van der Waals surface area contributed by atoms with Crippen LogP contribution in [0.5, 0.6) is 0 Å². The summed E-state index contributed by atoms with van der Waals surface area (Å²) in [5, 5.41) is 7.43. The van der Waals surface area contributed by atoms with Crippen molar-refractivity contribution in [2.24, 2.45) is 5.73 Å². The van der Waals surface area contributed by atoms with Crippen LogP contribution in [0, 0.1) is 6.92 Å². The summed E-state index contributed by atoms with van der Waals surface area (Å²) in [5.74, 6) is -0.184. The van der Waals surface area contributed by atoms with Crippen LogP contribution in [0.2, 0.25) is 0 Å². The van der Waals surface area contributed by atoms with Crippen molar-refractivity contribution in [2.45, 2.75) is 39.2 Å². The summed E-state index contributed by atoms with van der Waals surface area (Å²) >= 11 is 0. The normalized spacial score (nSPS) is 11.8. The minimum Gasteiger partial charge on any atom is -0.350 e. The fourth-order valence-electron chi connectivity index (χ4n) is 1.93. The molecule has 0 aliphatic heterocycles. The van der Waals surface area contributed by atoms with Gasteiger partial charge in [-0.25, -0.2) is 4.98 Å². The zero-order chi connectivity index (χ0) is 14.8. The lowest BCUT2D eigenvalue weighted by atomic mass is 9.94. The smallest absolute Gasteiger partial charge is 0.257 e. The third-order valence-corrected chi connectivity index (χ3v) is 3.78. The molecule has 0 saturated carbocycles. The topological polar surface area (TPSA) is 94.0 Å². The Labute approximate surface area is 117 Å². The first-order valence-electron chi connectivity index (χ1n) is 6.78. The Hall–Kier alpha value is -1.95. The first-order valence-corrected chi connectivity index (χ1v) is 6.78. The van der Waals surface area contributed by atoms with Gasteiger partial charge in [0.2, 0.25) is 0 Å². The van der Waals surface area contributed by atoms with Crippen LogP contribution in [0.1, 0.15) is 42.7 Å². The summed E-state index contributed by atoms with van der Waals surface area (Å²) in [4.78, 5) is 16.2. The van der Waals surface area contributed by atoms with Crippen LogP contribution in [0.15, 0.2) is 16.8 Å². The molecule has 2 heterocycles. The molecule has 0 fully saturated rings. The molecule has 0 aromatic carbocycles. The number of aromatic nitrogens is 2. The average molecular weight is 276 g/mol. The molecule has 0 atom stereocenters. The maximum atomic E-state index is 12.1. The predicted molar refractivity (Wildman–Crippen MR) is 76.4 cm³/mol. The minimum absolute atomic E-state index is 0.184. The molecule has 2 aromatic heterocycles. The van der Waals surface area contributed by atoms with Crippen LogP contribution >= 0.6 is 0 Å². The van der Waals surface area contributed by atoms with E-state index in [0.29, 0.717) is 17.8 Å². The highest BCUT2D eigenvalue weighted by molar-refractivity contribution is 5.96. The van der Waals surface area contributed by atoms with E-state index < -0.39 is 0 Å². The van der Waals surface area contributed by atoms with Crippen LogP contribution in [0.4, 0.5) is 0 Å². The molecule has 20 heavy (non-hydrogen) atoms. The van der Waals surface area contributed by atoms with E-state index in [1.807, 2.05) is 20.8 Å². The van der Waals surface area contributed by atoms with E-state index in [2.05, 4.69) is 15.5 Å². The number of carbonyl (C=O) groups excluding carboxylic acids is 1. The van der Waals surface area contributed by atoms with Crippen molar-refractivity contribution in [2.75, 3.05) is 6.54 Å². The van der Waals surface area contributed by atoms with Gasteiger partial charge in [-0.05, 0) is 25.8 Å². The Morgan fingerprint density at radius 1 is 1.45 bits per heavy atom. The third-order valence-electron chi connectivity index (χ3n) is 3.78. The highest BCUT2D eigenvalue weighted by Crippen LogP contribution is 2.17. The maximum Gasteiger partial charge on any atom is 0.257 e. The minimum atomic E-state index is -0.361. The first-order chi connectivity index (χ1) is 9.49. The van der Waals surface area contributed by atoms with E-state index in [0.717, 1.165) is 23.9 Å². The molecule has 3 N–H and O–H groups in total. The number of pyridine rings is 1. The van der Waals surface area contributed by atoms with Crippen molar-refractivity contribution < 1.29 is 9.32 Å². The van der Waals surface area contributed by atoms with Crippen LogP contribution in [-0.2, 0) is 0 Å². The van der Waals surface area contributed by atoms with Crippen LogP contribution in [-0.4, -0.2) is 28.1 Å². The van der Waals surface area contributed by atoms with Gasteiger partial charge in [0, 0.05) is 18.3 Å². The van der Waals surface area contributed by atoms with E-state index in [-0.39, 0.29) is 11.4 Å². The van der Waals surface area contributed by atoms with Gasteiger partial charge in [0.1, 0.15) is 0 Å². The fourth-order valence-corrected chi connectivity index (χ4v) is 1.93. The third kappa shape index (κ3) is 2.80. The Morgan fingerprint density at radius 2 is 2.15 bits per heavy atom. The molecule has 6 nitrogen and oxygen atoms in total. The number of carbonyl (C=O) groups is 1. The first kappa shape index (κ1) is 14.5. The van der Waals surface area contributed by atoms with Crippen LogP contribution in [0.3, 0.4) is 0 Å². The lowest BCUT2D eigenvalue weighted by Crippen LogP contribution is -2.49. The molecule has 0 aliphatic rings. The number of hydrogen-bond donors (Lipinski definition) is 2. The van der Waals surface area contributed by atoms with Crippen molar-refractivity contribution in [1.82, 2.24) is 15.5 Å². The van der Waals surface area contributed by atoms with Crippen molar-refractivity contribution in [3.05, 3.63) is 23.5 Å². The molecule has 0 bridgehead atoms. The van der Waals surface area contributed by atoms with Crippen LogP contribution < -0.4 is 11.1 Å². The zero-order valence-corrected chi connectivity index (χ0v) is 12.1. The van der Waals surface area contributed by atoms with Gasteiger partial charge in [0.15, 0.2) is 0 Å². The van der Waals surface area contributed by atoms with Crippen molar-refractivity contribution in [1.29, 1.82) is 0 Å². The number of nitrogens with zero attached hydrogens (tertiary/aromatic N) is 2. The summed E-state index contributed by atoms with van der Waals surface area (Å²) in [6.45, 7) is 6.29. The van der Waals surface area contributed by atoms with Gasteiger partial charge < -0.3 is 15.6 Å². The lowest BCUT2D eigenvalue weighted by molar-refractivity contribution is 0.0942. The quantitative estimate of drug-likeness (QED) is 0.868. The zero-order valence-electron chi connectivity index (χ0n) is 12.1. The molecule has 0 aliphatic carbocycles. The number of nitrogens with one attached hydrogen (secondary N) is 1. The van der Waals surface area contributed by atoms with E-state index in [1.165, 1.54) is 6.20 Å². The second-order valence-corrected chi connectivity index (χ2v) is 5.10. The van der Waals surface area contributed by atoms with Gasteiger partial charge in [0.25, 0.3) is 11.6 Å². The molecule has 2 rings (SSSR count). The van der Waals surface area contributed by atoms with E-state index in [1.54, 1.807) is 6.07 Å². The largest absolute Gasteiger partial charge is 0.350 e. The molecule has 0 radical (unpaired) electrons. The van der Waals surface area contributed by atoms with Crippen molar-refractivity contribution >= 4 is 17.0 Å². The number of nitrogens with two attached hydrogens (primary N) is 1. The molecule has 108 valence electrons. The number of aryl methyl sites for hydroxylation is 1. The standard InChI is InChI=1S/C14H20N4O2/c1-4-14(15,5-2)8-17-12(19)10-6-11-9(3)18-20-13(11)16-7-10/h6-7H,4-5,8,15H2,1-3H3,(H,17,19). The molecule has 6 heteroatoms. The molecule has 1 amide bonds. The summed E-state index contributed by atoms with van der Waals surface area (Å²) < 4.78 is 5.02. The second kappa shape index (κ2) is 5.58. The Balaban J connectivity index is 2.13. The molecule has 0 saturated heterocycles. The van der Waals surface area contributed by atoms with E-state index in [9.17, 15) is 4.79 Å². The van der Waals surface area contributed by atoms with E-state index >= 15 is 0 Å². The second-order valence-electron chi connectivity index (χ2n) is 5.10. The molecular formula is C14H20N4O2. The molecule has 2 aromatic rings. The van der Waals surface area contributed by atoms with Gasteiger partial charge >= 0.3 is 0 Å². The summed E-state index contributed by atoms with van der Waals surface area (Å²) in [6.07, 6.45) is 3.11. The summed E-state index contributed by atoms with van der Waals surface area (Å²) in [7, 11) is 0. The van der Waals surface area contributed by atoms with Crippen LogP contribution in [0.25, 0.3) is 11.1 Å². The highest BCUT2D eigenvalue weighted by Gasteiger charge is 2.21. The molecule has 0 unspecified atom stereocenters.